The fraction of sp³-hybridized carbons (Fsp3) is 0.765. The summed E-state index contributed by atoms with van der Waals surface area (Å²) in [6.07, 6.45) is 1.92. The molecule has 0 aromatic carbocycles. The van der Waals surface area contributed by atoms with E-state index < -0.39 is 5.60 Å². The number of aromatic nitrogens is 3. The summed E-state index contributed by atoms with van der Waals surface area (Å²) in [4.78, 5) is 21.0. The van der Waals surface area contributed by atoms with E-state index in [2.05, 4.69) is 30.0 Å². The van der Waals surface area contributed by atoms with Crippen LogP contribution in [0.3, 0.4) is 0 Å². The van der Waals surface area contributed by atoms with Crippen molar-refractivity contribution in [2.24, 2.45) is 4.99 Å². The molecule has 1 aromatic rings. The van der Waals surface area contributed by atoms with E-state index in [-0.39, 0.29) is 36.1 Å². The minimum absolute atomic E-state index is 0. The second kappa shape index (κ2) is 7.80. The minimum Gasteiger partial charge on any atom is -0.444 e. The fourth-order valence-electron chi connectivity index (χ4n) is 3.72. The zero-order valence-electron chi connectivity index (χ0n) is 16.1. The number of fused-ring (bicyclic) bond motifs is 2. The van der Waals surface area contributed by atoms with Gasteiger partial charge < -0.3 is 24.4 Å². The van der Waals surface area contributed by atoms with Crippen molar-refractivity contribution in [3.8, 4) is 0 Å². The van der Waals surface area contributed by atoms with Crippen molar-refractivity contribution in [2.45, 2.75) is 58.3 Å². The Bertz CT molecular complexity index is 727. The van der Waals surface area contributed by atoms with E-state index in [0.717, 1.165) is 43.5 Å². The second-order valence-electron chi connectivity index (χ2n) is 8.08. The molecule has 0 aliphatic carbocycles. The van der Waals surface area contributed by atoms with Crippen molar-refractivity contribution in [3.63, 3.8) is 0 Å². The largest absolute Gasteiger partial charge is 0.444 e. The van der Waals surface area contributed by atoms with Gasteiger partial charge in [-0.2, -0.15) is 0 Å². The highest BCUT2D eigenvalue weighted by Crippen LogP contribution is 2.19. The SMILES string of the molecule is CC(C)(C)OC(=O)N1CCN2C(NCc3nnc4n3CCC4)=NCC2C1.I. The van der Waals surface area contributed by atoms with Gasteiger partial charge in [-0.15, -0.1) is 34.2 Å². The third kappa shape index (κ3) is 4.30. The van der Waals surface area contributed by atoms with E-state index in [1.165, 1.54) is 0 Å². The van der Waals surface area contributed by atoms with Gasteiger partial charge in [0.15, 0.2) is 11.8 Å². The van der Waals surface area contributed by atoms with E-state index in [9.17, 15) is 4.79 Å². The molecule has 3 aliphatic rings. The molecule has 0 spiro atoms. The number of aryl methyl sites for hydroxylation is 1. The fourth-order valence-corrected chi connectivity index (χ4v) is 3.72. The van der Waals surface area contributed by atoms with Gasteiger partial charge in [0.2, 0.25) is 0 Å². The van der Waals surface area contributed by atoms with Gasteiger partial charge in [-0.05, 0) is 27.2 Å². The first-order valence-corrected chi connectivity index (χ1v) is 9.34. The molecule has 1 fully saturated rings. The smallest absolute Gasteiger partial charge is 0.410 e. The third-order valence-corrected chi connectivity index (χ3v) is 4.95. The van der Waals surface area contributed by atoms with E-state index in [1.807, 2.05) is 20.8 Å². The topological polar surface area (TPSA) is 87.9 Å². The Hall–Kier alpha value is -1.59. The molecule has 9 nitrogen and oxygen atoms in total. The first kappa shape index (κ1) is 20.2. The van der Waals surface area contributed by atoms with Crippen molar-refractivity contribution >= 4 is 36.0 Å². The van der Waals surface area contributed by atoms with Crippen LogP contribution >= 0.6 is 24.0 Å². The molecule has 1 aromatic heterocycles. The van der Waals surface area contributed by atoms with Gasteiger partial charge in [0.1, 0.15) is 11.4 Å². The van der Waals surface area contributed by atoms with Gasteiger partial charge >= 0.3 is 6.09 Å². The highest BCUT2D eigenvalue weighted by atomic mass is 127. The number of amides is 1. The first-order chi connectivity index (χ1) is 12.4. The van der Waals surface area contributed by atoms with Gasteiger partial charge in [-0.1, -0.05) is 0 Å². The van der Waals surface area contributed by atoms with Gasteiger partial charge in [-0.3, -0.25) is 4.99 Å². The van der Waals surface area contributed by atoms with Gasteiger partial charge in [0.05, 0.1) is 19.1 Å². The van der Waals surface area contributed by atoms with Crippen LogP contribution in [0.15, 0.2) is 4.99 Å². The van der Waals surface area contributed by atoms with Gasteiger partial charge in [0.25, 0.3) is 0 Å². The second-order valence-corrected chi connectivity index (χ2v) is 8.08. The standard InChI is InChI=1S/C17H27N7O2.HI/c1-17(2,3)26-16(25)22-7-8-23-12(11-22)9-18-15(23)19-10-14-21-20-13-5-4-6-24(13)14;/h12H,4-11H2,1-3H3,(H,18,19);1H. The summed E-state index contributed by atoms with van der Waals surface area (Å²) in [7, 11) is 0. The molecule has 4 rings (SSSR count). The molecular formula is C17H28IN7O2. The van der Waals surface area contributed by atoms with Gasteiger partial charge in [0, 0.05) is 32.6 Å². The van der Waals surface area contributed by atoms with Crippen LogP contribution in [0.1, 0.15) is 38.8 Å². The van der Waals surface area contributed by atoms with Crippen molar-refractivity contribution in [1.29, 1.82) is 0 Å². The molecule has 10 heteroatoms. The number of halogens is 1. The van der Waals surface area contributed by atoms with Crippen LogP contribution in [0.25, 0.3) is 0 Å². The first-order valence-electron chi connectivity index (χ1n) is 9.34. The molecule has 1 unspecified atom stereocenters. The molecule has 4 heterocycles. The van der Waals surface area contributed by atoms with Crippen LogP contribution < -0.4 is 5.32 Å². The van der Waals surface area contributed by atoms with Crippen molar-refractivity contribution < 1.29 is 9.53 Å². The number of carbonyl (C=O) groups is 1. The Balaban J connectivity index is 0.00000210. The lowest BCUT2D eigenvalue weighted by molar-refractivity contribution is 0.0137. The van der Waals surface area contributed by atoms with Crippen LogP contribution in [0.5, 0.6) is 0 Å². The lowest BCUT2D eigenvalue weighted by atomic mass is 10.2. The van der Waals surface area contributed by atoms with Crippen molar-refractivity contribution in [2.75, 3.05) is 26.2 Å². The molecule has 3 aliphatic heterocycles. The lowest BCUT2D eigenvalue weighted by Crippen LogP contribution is -2.57. The lowest BCUT2D eigenvalue weighted by Gasteiger charge is -2.39. The average molecular weight is 489 g/mol. The predicted octanol–water partition coefficient (Wildman–Crippen LogP) is 1.22. The Labute approximate surface area is 176 Å². The predicted molar refractivity (Wildman–Crippen MR) is 111 cm³/mol. The minimum atomic E-state index is -0.467. The van der Waals surface area contributed by atoms with Crippen LogP contribution in [0.4, 0.5) is 4.79 Å². The van der Waals surface area contributed by atoms with Crippen LogP contribution in [-0.2, 0) is 24.2 Å². The summed E-state index contributed by atoms with van der Waals surface area (Å²) in [5, 5.41) is 11.9. The Morgan fingerprint density at radius 2 is 2.07 bits per heavy atom. The molecule has 1 N–H and O–H groups in total. The van der Waals surface area contributed by atoms with Crippen molar-refractivity contribution in [1.82, 2.24) is 29.9 Å². The van der Waals surface area contributed by atoms with E-state index in [0.29, 0.717) is 26.2 Å². The Kier molecular flexibility index (Phi) is 5.82. The molecular weight excluding hydrogens is 461 g/mol. The number of hydrogen-bond acceptors (Lipinski definition) is 7. The molecule has 1 atom stereocenters. The van der Waals surface area contributed by atoms with Crippen molar-refractivity contribution in [3.05, 3.63) is 11.6 Å². The summed E-state index contributed by atoms with van der Waals surface area (Å²) in [5.74, 6) is 2.95. The summed E-state index contributed by atoms with van der Waals surface area (Å²) in [6.45, 7) is 10.0. The third-order valence-electron chi connectivity index (χ3n) is 4.95. The van der Waals surface area contributed by atoms with Crippen LogP contribution in [0.2, 0.25) is 0 Å². The Morgan fingerprint density at radius 1 is 1.26 bits per heavy atom. The molecule has 150 valence electrons. The number of hydrogen-bond donors (Lipinski definition) is 1. The zero-order chi connectivity index (χ0) is 18.3. The van der Waals surface area contributed by atoms with E-state index in [1.54, 1.807) is 4.90 Å². The number of carbonyl (C=O) groups excluding carboxylic acids is 1. The number of rotatable bonds is 2. The molecule has 0 bridgehead atoms. The maximum Gasteiger partial charge on any atom is 0.410 e. The molecule has 0 radical (unpaired) electrons. The van der Waals surface area contributed by atoms with Crippen LogP contribution in [-0.4, -0.2) is 74.4 Å². The quantitative estimate of drug-likeness (QED) is 0.629. The van der Waals surface area contributed by atoms with E-state index in [4.69, 9.17) is 4.74 Å². The number of ether oxygens (including phenoxy) is 1. The molecule has 1 saturated heterocycles. The number of aliphatic imine (C=N–C) groups is 1. The molecule has 1 amide bonds. The molecule has 0 saturated carbocycles. The van der Waals surface area contributed by atoms with E-state index >= 15 is 0 Å². The highest BCUT2D eigenvalue weighted by Gasteiger charge is 2.36. The zero-order valence-corrected chi connectivity index (χ0v) is 18.5. The molecule has 27 heavy (non-hydrogen) atoms. The van der Waals surface area contributed by atoms with Gasteiger partial charge in [-0.25, -0.2) is 4.79 Å². The monoisotopic (exact) mass is 489 g/mol. The maximum absolute atomic E-state index is 12.3. The summed E-state index contributed by atoms with van der Waals surface area (Å²) in [5.41, 5.74) is -0.467. The summed E-state index contributed by atoms with van der Waals surface area (Å²) < 4.78 is 7.68. The van der Waals surface area contributed by atoms with Crippen LogP contribution in [0, 0.1) is 0 Å². The number of guanidine groups is 1. The average Bonchev–Trinajstić information content (AvgIpc) is 3.26. The summed E-state index contributed by atoms with van der Waals surface area (Å²) in [6, 6.07) is 0.211. The number of piperazine rings is 1. The maximum atomic E-state index is 12.3. The normalized spacial score (nSPS) is 21.3. The number of nitrogens with zero attached hydrogens (tertiary/aromatic N) is 6. The highest BCUT2D eigenvalue weighted by molar-refractivity contribution is 14.0. The number of nitrogens with one attached hydrogen (secondary N) is 1. The Morgan fingerprint density at radius 3 is 2.85 bits per heavy atom. The summed E-state index contributed by atoms with van der Waals surface area (Å²) >= 11 is 0.